The summed E-state index contributed by atoms with van der Waals surface area (Å²) >= 11 is 0. The summed E-state index contributed by atoms with van der Waals surface area (Å²) in [6, 6.07) is 0. The third-order valence-electron chi connectivity index (χ3n) is 2.23. The first kappa shape index (κ1) is 6.59. The molecule has 0 saturated heterocycles. The van der Waals surface area contributed by atoms with Crippen LogP contribution < -0.4 is 5.73 Å². The molecular weight excluding hydrogens is 114 g/mol. The predicted molar refractivity (Wildman–Crippen MR) is 35.7 cm³/mol. The number of hydrogen-bond acceptors (Lipinski definition) is 1. The molecule has 0 heterocycles. The molecule has 1 aliphatic rings. The highest BCUT2D eigenvalue weighted by Gasteiger charge is 2.27. The quantitative estimate of drug-likeness (QED) is 0.559. The number of nitrogens with two attached hydrogens (primary N) is 1. The maximum atomic E-state index is 10.6. The second kappa shape index (κ2) is 2.38. The van der Waals surface area contributed by atoms with Gasteiger partial charge in [-0.05, 0) is 18.8 Å². The van der Waals surface area contributed by atoms with Gasteiger partial charge in [0.25, 0.3) is 0 Å². The van der Waals surface area contributed by atoms with Crippen molar-refractivity contribution >= 4 is 5.91 Å². The molecule has 52 valence electrons. The molecule has 1 rings (SSSR count). The van der Waals surface area contributed by atoms with Crippen molar-refractivity contribution in [3.05, 3.63) is 0 Å². The van der Waals surface area contributed by atoms with Gasteiger partial charge in [-0.3, -0.25) is 4.79 Å². The normalized spacial score (nSPS) is 34.8. The van der Waals surface area contributed by atoms with Crippen LogP contribution in [0.2, 0.25) is 0 Å². The van der Waals surface area contributed by atoms with Crippen LogP contribution in [0.25, 0.3) is 0 Å². The van der Waals surface area contributed by atoms with E-state index in [2.05, 4.69) is 6.92 Å². The molecule has 0 aromatic rings. The average molecular weight is 127 g/mol. The smallest absolute Gasteiger partial charge is 0.220 e. The Morgan fingerprint density at radius 3 is 2.44 bits per heavy atom. The highest BCUT2D eigenvalue weighted by Crippen LogP contribution is 2.30. The van der Waals surface area contributed by atoms with Crippen LogP contribution in [0.5, 0.6) is 0 Å². The van der Waals surface area contributed by atoms with Gasteiger partial charge in [0.05, 0.1) is 0 Å². The van der Waals surface area contributed by atoms with Crippen molar-refractivity contribution in [2.45, 2.75) is 26.2 Å². The first-order valence-corrected chi connectivity index (χ1v) is 3.51. The van der Waals surface area contributed by atoms with Gasteiger partial charge in [-0.2, -0.15) is 0 Å². The van der Waals surface area contributed by atoms with E-state index in [-0.39, 0.29) is 11.8 Å². The summed E-state index contributed by atoms with van der Waals surface area (Å²) in [5.41, 5.74) is 5.15. The molecule has 9 heavy (non-hydrogen) atoms. The van der Waals surface area contributed by atoms with Gasteiger partial charge in [-0.25, -0.2) is 0 Å². The van der Waals surface area contributed by atoms with Crippen LogP contribution in [-0.4, -0.2) is 5.91 Å². The van der Waals surface area contributed by atoms with Crippen molar-refractivity contribution in [2.75, 3.05) is 0 Å². The highest BCUT2D eigenvalue weighted by atomic mass is 16.1. The highest BCUT2D eigenvalue weighted by molar-refractivity contribution is 5.77. The Kier molecular flexibility index (Phi) is 1.74. The van der Waals surface area contributed by atoms with E-state index in [4.69, 9.17) is 5.73 Å². The Balaban J connectivity index is 2.49. The SMILES string of the molecule is CC1CCC[C@@H]1C(N)=O. The molecule has 1 saturated carbocycles. The number of carbonyl (C=O) groups excluding carboxylic acids is 1. The minimum atomic E-state index is -0.111. The van der Waals surface area contributed by atoms with Gasteiger partial charge in [0.15, 0.2) is 0 Å². The van der Waals surface area contributed by atoms with Crippen LogP contribution >= 0.6 is 0 Å². The minimum Gasteiger partial charge on any atom is -0.369 e. The van der Waals surface area contributed by atoms with Gasteiger partial charge in [0, 0.05) is 5.92 Å². The molecule has 0 spiro atoms. The maximum Gasteiger partial charge on any atom is 0.220 e. The van der Waals surface area contributed by atoms with Crippen molar-refractivity contribution in [3.63, 3.8) is 0 Å². The Morgan fingerprint density at radius 2 is 2.22 bits per heavy atom. The fourth-order valence-corrected chi connectivity index (χ4v) is 1.57. The van der Waals surface area contributed by atoms with Gasteiger partial charge >= 0.3 is 0 Å². The fraction of sp³-hybridized carbons (Fsp3) is 0.857. The molecule has 0 radical (unpaired) electrons. The lowest BCUT2D eigenvalue weighted by atomic mass is 9.98. The molecule has 0 aliphatic heterocycles. The molecule has 2 nitrogen and oxygen atoms in total. The molecular formula is C7H13NO. The van der Waals surface area contributed by atoms with E-state index in [1.807, 2.05) is 0 Å². The third-order valence-corrected chi connectivity index (χ3v) is 2.23. The summed E-state index contributed by atoms with van der Waals surface area (Å²) in [7, 11) is 0. The summed E-state index contributed by atoms with van der Waals surface area (Å²) in [6.45, 7) is 2.10. The topological polar surface area (TPSA) is 43.1 Å². The second-order valence-electron chi connectivity index (χ2n) is 2.92. The summed E-state index contributed by atoms with van der Waals surface area (Å²) in [5, 5.41) is 0. The lowest BCUT2D eigenvalue weighted by Crippen LogP contribution is -2.24. The Morgan fingerprint density at radius 1 is 1.56 bits per heavy atom. The van der Waals surface area contributed by atoms with E-state index < -0.39 is 0 Å². The van der Waals surface area contributed by atoms with Gasteiger partial charge in [0.1, 0.15) is 0 Å². The summed E-state index contributed by atoms with van der Waals surface area (Å²) in [6.07, 6.45) is 3.36. The molecule has 0 aromatic heterocycles. The lowest BCUT2D eigenvalue weighted by Gasteiger charge is -2.08. The van der Waals surface area contributed by atoms with Crippen LogP contribution in [0.3, 0.4) is 0 Å². The van der Waals surface area contributed by atoms with Crippen molar-refractivity contribution < 1.29 is 4.79 Å². The zero-order chi connectivity index (χ0) is 6.85. The van der Waals surface area contributed by atoms with E-state index in [0.717, 1.165) is 6.42 Å². The van der Waals surface area contributed by atoms with E-state index in [0.29, 0.717) is 5.92 Å². The van der Waals surface area contributed by atoms with E-state index >= 15 is 0 Å². The maximum absolute atomic E-state index is 10.6. The lowest BCUT2D eigenvalue weighted by molar-refractivity contribution is -0.122. The molecule has 1 fully saturated rings. The molecule has 2 heteroatoms. The first-order chi connectivity index (χ1) is 4.22. The fourth-order valence-electron chi connectivity index (χ4n) is 1.57. The van der Waals surface area contributed by atoms with E-state index in [9.17, 15) is 4.79 Å². The molecule has 2 atom stereocenters. The molecule has 1 unspecified atom stereocenters. The van der Waals surface area contributed by atoms with Gasteiger partial charge in [-0.1, -0.05) is 13.3 Å². The number of hydrogen-bond donors (Lipinski definition) is 1. The first-order valence-electron chi connectivity index (χ1n) is 3.51. The van der Waals surface area contributed by atoms with Crippen molar-refractivity contribution in [3.8, 4) is 0 Å². The Bertz CT molecular complexity index is 122. The van der Waals surface area contributed by atoms with Crippen molar-refractivity contribution in [1.29, 1.82) is 0 Å². The molecule has 1 amide bonds. The Labute approximate surface area is 55.4 Å². The van der Waals surface area contributed by atoms with Gasteiger partial charge in [-0.15, -0.1) is 0 Å². The Hall–Kier alpha value is -0.530. The van der Waals surface area contributed by atoms with Gasteiger partial charge in [0.2, 0.25) is 5.91 Å². The molecule has 2 N–H and O–H groups in total. The number of carbonyl (C=O) groups is 1. The largest absolute Gasteiger partial charge is 0.369 e. The average Bonchev–Trinajstić information content (AvgIpc) is 2.13. The number of amides is 1. The van der Waals surface area contributed by atoms with Crippen LogP contribution in [0.1, 0.15) is 26.2 Å². The van der Waals surface area contributed by atoms with Gasteiger partial charge < -0.3 is 5.73 Å². The standard InChI is InChI=1S/C7H13NO/c1-5-3-2-4-6(5)7(8)9/h5-6H,2-4H2,1H3,(H2,8,9)/t5?,6-/m0/s1. The van der Waals surface area contributed by atoms with Crippen LogP contribution in [0.15, 0.2) is 0 Å². The summed E-state index contributed by atoms with van der Waals surface area (Å²) in [4.78, 5) is 10.6. The zero-order valence-corrected chi connectivity index (χ0v) is 5.76. The van der Waals surface area contributed by atoms with E-state index in [1.54, 1.807) is 0 Å². The zero-order valence-electron chi connectivity index (χ0n) is 5.76. The summed E-state index contributed by atoms with van der Waals surface area (Å²) < 4.78 is 0. The minimum absolute atomic E-state index is 0.111. The molecule has 0 aromatic carbocycles. The molecule has 0 bridgehead atoms. The third kappa shape index (κ3) is 1.23. The van der Waals surface area contributed by atoms with Crippen molar-refractivity contribution in [2.24, 2.45) is 17.6 Å². The monoisotopic (exact) mass is 127 g/mol. The van der Waals surface area contributed by atoms with Crippen LogP contribution in [0, 0.1) is 11.8 Å². The predicted octanol–water partition coefficient (Wildman–Crippen LogP) is 0.908. The van der Waals surface area contributed by atoms with Crippen LogP contribution in [0.4, 0.5) is 0 Å². The second-order valence-corrected chi connectivity index (χ2v) is 2.92. The van der Waals surface area contributed by atoms with Crippen molar-refractivity contribution in [1.82, 2.24) is 0 Å². The van der Waals surface area contributed by atoms with E-state index in [1.165, 1.54) is 12.8 Å². The number of rotatable bonds is 1. The molecule has 1 aliphatic carbocycles. The number of primary amides is 1. The van der Waals surface area contributed by atoms with Crippen LogP contribution in [-0.2, 0) is 4.79 Å². The summed E-state index contributed by atoms with van der Waals surface area (Å²) in [5.74, 6) is 0.590.